The first-order chi connectivity index (χ1) is 12.1. The molecule has 1 N–H and O–H groups in total. The maximum absolute atomic E-state index is 4.75. The van der Waals surface area contributed by atoms with Gasteiger partial charge < -0.3 is 15.1 Å². The second-order valence-electron chi connectivity index (χ2n) is 7.30. The lowest BCUT2D eigenvalue weighted by molar-refractivity contribution is 0.645. The number of nitrogens with one attached hydrogen (secondary N) is 1. The standard InChI is InChI=1S/C20H27N5/c1-14-5-4-6-18(16(14)3)24-9-11-25(12-10-24)19-13-15(2)21-20(23-19)22-17-7-8-17/h4-6,13,17H,7-12H2,1-3H3,(H,21,22,23). The highest BCUT2D eigenvalue weighted by Gasteiger charge is 2.24. The number of piperazine rings is 1. The fraction of sp³-hybridized carbons (Fsp3) is 0.500. The highest BCUT2D eigenvalue weighted by Crippen LogP contribution is 2.27. The van der Waals surface area contributed by atoms with Crippen molar-refractivity contribution in [3.05, 3.63) is 41.1 Å². The third-order valence-corrected chi connectivity index (χ3v) is 5.27. The first-order valence-electron chi connectivity index (χ1n) is 9.28. The Morgan fingerprint density at radius 3 is 2.40 bits per heavy atom. The second-order valence-corrected chi connectivity index (χ2v) is 7.30. The summed E-state index contributed by atoms with van der Waals surface area (Å²) in [7, 11) is 0. The molecule has 0 unspecified atom stereocenters. The third-order valence-electron chi connectivity index (χ3n) is 5.27. The Bertz CT molecular complexity index is 761. The van der Waals surface area contributed by atoms with Gasteiger partial charge in [0.25, 0.3) is 0 Å². The average molecular weight is 337 g/mol. The quantitative estimate of drug-likeness (QED) is 0.927. The van der Waals surface area contributed by atoms with Gasteiger partial charge in [-0.2, -0.15) is 4.98 Å². The lowest BCUT2D eigenvalue weighted by Crippen LogP contribution is -2.47. The van der Waals surface area contributed by atoms with E-state index in [1.165, 1.54) is 29.7 Å². The fourth-order valence-electron chi connectivity index (χ4n) is 3.44. The van der Waals surface area contributed by atoms with Crippen LogP contribution in [0.5, 0.6) is 0 Å². The molecular weight excluding hydrogens is 310 g/mol. The maximum atomic E-state index is 4.75. The van der Waals surface area contributed by atoms with E-state index in [0.717, 1.165) is 43.6 Å². The summed E-state index contributed by atoms with van der Waals surface area (Å²) in [6.07, 6.45) is 2.47. The summed E-state index contributed by atoms with van der Waals surface area (Å²) < 4.78 is 0. The number of hydrogen-bond acceptors (Lipinski definition) is 5. The van der Waals surface area contributed by atoms with E-state index < -0.39 is 0 Å². The minimum Gasteiger partial charge on any atom is -0.368 e. The number of anilines is 3. The van der Waals surface area contributed by atoms with Crippen molar-refractivity contribution in [2.75, 3.05) is 41.3 Å². The zero-order valence-corrected chi connectivity index (χ0v) is 15.4. The van der Waals surface area contributed by atoms with Gasteiger partial charge >= 0.3 is 0 Å². The third kappa shape index (κ3) is 3.55. The molecular formula is C20H27N5. The summed E-state index contributed by atoms with van der Waals surface area (Å²) in [5, 5.41) is 3.43. The molecule has 1 aromatic heterocycles. The molecule has 2 fully saturated rings. The van der Waals surface area contributed by atoms with Crippen LogP contribution in [0.25, 0.3) is 0 Å². The SMILES string of the molecule is Cc1cc(N2CCN(c3cccc(C)c3C)CC2)nc(NC2CC2)n1. The summed E-state index contributed by atoms with van der Waals surface area (Å²) in [5.41, 5.74) is 5.16. The number of aryl methyl sites for hydroxylation is 2. The van der Waals surface area contributed by atoms with E-state index >= 15 is 0 Å². The molecule has 0 atom stereocenters. The van der Waals surface area contributed by atoms with Gasteiger partial charge in [0.1, 0.15) is 5.82 Å². The Labute approximate surface area is 150 Å². The monoisotopic (exact) mass is 337 g/mol. The zero-order chi connectivity index (χ0) is 17.4. The molecule has 4 rings (SSSR count). The molecule has 1 saturated heterocycles. The van der Waals surface area contributed by atoms with Gasteiger partial charge in [0, 0.05) is 49.7 Å². The summed E-state index contributed by atoms with van der Waals surface area (Å²) in [6, 6.07) is 9.27. The molecule has 2 heterocycles. The number of nitrogens with zero attached hydrogens (tertiary/aromatic N) is 4. The predicted molar refractivity (Wildman–Crippen MR) is 104 cm³/mol. The van der Waals surface area contributed by atoms with Gasteiger partial charge in [-0.3, -0.25) is 0 Å². The van der Waals surface area contributed by atoms with Crippen molar-refractivity contribution in [2.45, 2.75) is 39.7 Å². The van der Waals surface area contributed by atoms with Crippen LogP contribution in [0.2, 0.25) is 0 Å². The zero-order valence-electron chi connectivity index (χ0n) is 15.4. The summed E-state index contributed by atoms with van der Waals surface area (Å²) >= 11 is 0. The van der Waals surface area contributed by atoms with Crippen LogP contribution < -0.4 is 15.1 Å². The molecule has 2 aliphatic rings. The number of rotatable bonds is 4. The average Bonchev–Trinajstić information content (AvgIpc) is 3.41. The number of hydrogen-bond donors (Lipinski definition) is 1. The lowest BCUT2D eigenvalue weighted by atomic mass is 10.1. The summed E-state index contributed by atoms with van der Waals surface area (Å²) in [5.74, 6) is 1.84. The smallest absolute Gasteiger partial charge is 0.225 e. The van der Waals surface area contributed by atoms with Crippen molar-refractivity contribution >= 4 is 17.5 Å². The molecule has 1 aliphatic carbocycles. The van der Waals surface area contributed by atoms with Gasteiger partial charge in [-0.15, -0.1) is 0 Å². The molecule has 0 radical (unpaired) electrons. The molecule has 1 aromatic carbocycles. The van der Waals surface area contributed by atoms with Crippen molar-refractivity contribution in [2.24, 2.45) is 0 Å². The molecule has 1 saturated carbocycles. The molecule has 132 valence electrons. The molecule has 5 heteroatoms. The summed E-state index contributed by atoms with van der Waals surface area (Å²) in [6.45, 7) is 10.5. The van der Waals surface area contributed by atoms with Gasteiger partial charge in [0.05, 0.1) is 0 Å². The Morgan fingerprint density at radius 2 is 1.68 bits per heavy atom. The number of aromatic nitrogens is 2. The van der Waals surface area contributed by atoms with E-state index in [9.17, 15) is 0 Å². The Hall–Kier alpha value is -2.30. The van der Waals surface area contributed by atoms with E-state index in [4.69, 9.17) is 4.98 Å². The van der Waals surface area contributed by atoms with Gasteiger partial charge in [-0.25, -0.2) is 4.98 Å². The first-order valence-corrected chi connectivity index (χ1v) is 9.28. The van der Waals surface area contributed by atoms with E-state index in [2.05, 4.69) is 65.1 Å². The van der Waals surface area contributed by atoms with Crippen LogP contribution in [0.4, 0.5) is 17.5 Å². The van der Waals surface area contributed by atoms with Crippen molar-refractivity contribution in [1.29, 1.82) is 0 Å². The Morgan fingerprint density at radius 1 is 0.960 bits per heavy atom. The van der Waals surface area contributed by atoms with E-state index in [1.807, 2.05) is 0 Å². The fourth-order valence-corrected chi connectivity index (χ4v) is 3.44. The molecule has 0 bridgehead atoms. The van der Waals surface area contributed by atoms with E-state index in [1.54, 1.807) is 0 Å². The molecule has 5 nitrogen and oxygen atoms in total. The van der Waals surface area contributed by atoms with Crippen LogP contribution in [-0.2, 0) is 0 Å². The Kier molecular flexibility index (Phi) is 4.24. The maximum Gasteiger partial charge on any atom is 0.225 e. The van der Waals surface area contributed by atoms with Crippen molar-refractivity contribution < 1.29 is 0 Å². The predicted octanol–water partition coefficient (Wildman–Crippen LogP) is 3.30. The van der Waals surface area contributed by atoms with Gasteiger partial charge in [0.15, 0.2) is 0 Å². The van der Waals surface area contributed by atoms with Crippen molar-refractivity contribution in [3.63, 3.8) is 0 Å². The van der Waals surface area contributed by atoms with Crippen LogP contribution in [0.1, 0.15) is 29.7 Å². The normalized spacial score (nSPS) is 17.7. The number of benzene rings is 1. The van der Waals surface area contributed by atoms with Crippen molar-refractivity contribution in [3.8, 4) is 0 Å². The first kappa shape index (κ1) is 16.2. The molecule has 1 aliphatic heterocycles. The highest BCUT2D eigenvalue weighted by atomic mass is 15.3. The Balaban J connectivity index is 1.46. The van der Waals surface area contributed by atoms with E-state index in [-0.39, 0.29) is 0 Å². The van der Waals surface area contributed by atoms with E-state index in [0.29, 0.717) is 6.04 Å². The minimum atomic E-state index is 0.579. The largest absolute Gasteiger partial charge is 0.368 e. The van der Waals surface area contributed by atoms with Gasteiger partial charge in [-0.1, -0.05) is 12.1 Å². The van der Waals surface area contributed by atoms with Crippen LogP contribution in [-0.4, -0.2) is 42.2 Å². The molecule has 0 amide bonds. The van der Waals surface area contributed by atoms with Crippen LogP contribution in [0.15, 0.2) is 24.3 Å². The van der Waals surface area contributed by atoms with Crippen molar-refractivity contribution in [1.82, 2.24) is 9.97 Å². The topological polar surface area (TPSA) is 44.3 Å². The molecule has 2 aromatic rings. The summed E-state index contributed by atoms with van der Waals surface area (Å²) in [4.78, 5) is 14.2. The van der Waals surface area contributed by atoms with Crippen LogP contribution >= 0.6 is 0 Å². The minimum absolute atomic E-state index is 0.579. The molecule has 0 spiro atoms. The van der Waals surface area contributed by atoms with Gasteiger partial charge in [-0.05, 0) is 50.8 Å². The second kappa shape index (κ2) is 6.54. The van der Waals surface area contributed by atoms with Gasteiger partial charge in [0.2, 0.25) is 5.95 Å². The molecule has 25 heavy (non-hydrogen) atoms. The highest BCUT2D eigenvalue weighted by molar-refractivity contribution is 5.57. The van der Waals surface area contributed by atoms with Crippen LogP contribution in [0, 0.1) is 20.8 Å². The lowest BCUT2D eigenvalue weighted by Gasteiger charge is -2.37. The van der Waals surface area contributed by atoms with Crippen LogP contribution in [0.3, 0.4) is 0 Å².